The van der Waals surface area contributed by atoms with E-state index in [2.05, 4.69) is 39.8 Å². The Bertz CT molecular complexity index is 851. The van der Waals surface area contributed by atoms with Gasteiger partial charge in [-0.15, -0.1) is 0 Å². The fourth-order valence-electron chi connectivity index (χ4n) is 5.39. The molecule has 4 rings (SSSR count). The number of ketones is 1. The summed E-state index contributed by atoms with van der Waals surface area (Å²) in [7, 11) is 0. The molecular formula is C26H36O4. The van der Waals surface area contributed by atoms with Crippen LogP contribution in [-0.2, 0) is 22.6 Å². The second-order valence-electron chi connectivity index (χ2n) is 9.87. The molecule has 2 aliphatic heterocycles. The number of unbranched alkanes of at least 4 members (excludes halogenated alkanes) is 2. The van der Waals surface area contributed by atoms with Crippen LogP contribution in [0.2, 0.25) is 0 Å². The van der Waals surface area contributed by atoms with Gasteiger partial charge in [0.1, 0.15) is 22.9 Å². The van der Waals surface area contributed by atoms with Gasteiger partial charge in [-0.25, -0.2) is 0 Å². The Kier molecular flexibility index (Phi) is 5.98. The Labute approximate surface area is 181 Å². The predicted molar refractivity (Wildman–Crippen MR) is 118 cm³/mol. The third kappa shape index (κ3) is 4.03. The smallest absolute Gasteiger partial charge is 0.207 e. The van der Waals surface area contributed by atoms with Crippen molar-refractivity contribution < 1.29 is 19.0 Å². The van der Waals surface area contributed by atoms with E-state index in [1.807, 2.05) is 0 Å². The van der Waals surface area contributed by atoms with Gasteiger partial charge in [-0.2, -0.15) is 0 Å². The molecule has 2 heterocycles. The molecule has 3 atom stereocenters. The Morgan fingerprint density at radius 2 is 2.07 bits per heavy atom. The molecule has 4 nitrogen and oxygen atoms in total. The van der Waals surface area contributed by atoms with Crippen LogP contribution in [0, 0.1) is 5.92 Å². The van der Waals surface area contributed by atoms with Gasteiger partial charge in [-0.05, 0) is 65.0 Å². The number of Topliss-reactive ketones (excluding diaryl/α,β-unsaturated/α-hetero) is 1. The van der Waals surface area contributed by atoms with Crippen LogP contribution in [-0.4, -0.2) is 17.7 Å². The number of rotatable bonds is 6. The molecule has 0 saturated heterocycles. The monoisotopic (exact) mass is 412 g/mol. The summed E-state index contributed by atoms with van der Waals surface area (Å²) < 4.78 is 19.0. The third-order valence-electron chi connectivity index (χ3n) is 6.99. The lowest BCUT2D eigenvalue weighted by atomic mass is 9.67. The molecule has 0 saturated carbocycles. The highest BCUT2D eigenvalue weighted by Crippen LogP contribution is 2.55. The average Bonchev–Trinajstić information content (AvgIpc) is 2.66. The zero-order chi connectivity index (χ0) is 21.5. The maximum Gasteiger partial charge on any atom is 0.207 e. The van der Waals surface area contributed by atoms with E-state index in [-0.39, 0.29) is 23.7 Å². The van der Waals surface area contributed by atoms with E-state index in [9.17, 15) is 4.79 Å². The number of ether oxygens (including phenoxy) is 3. The van der Waals surface area contributed by atoms with E-state index in [1.54, 1.807) is 6.92 Å². The van der Waals surface area contributed by atoms with Crippen molar-refractivity contribution in [2.24, 2.45) is 5.92 Å². The quantitative estimate of drug-likeness (QED) is 0.409. The molecule has 0 radical (unpaired) electrons. The summed E-state index contributed by atoms with van der Waals surface area (Å²) in [6.45, 7) is 11.0. The number of carbonyl (C=O) groups excluding carboxylic acids is 1. The summed E-state index contributed by atoms with van der Waals surface area (Å²) in [5.41, 5.74) is 4.82. The molecule has 0 aromatic heterocycles. The number of benzene rings is 1. The maximum absolute atomic E-state index is 11.7. The van der Waals surface area contributed by atoms with E-state index in [0.29, 0.717) is 12.5 Å². The Hall–Kier alpha value is -1.81. The summed E-state index contributed by atoms with van der Waals surface area (Å²) in [5.74, 6) is 2.67. The summed E-state index contributed by atoms with van der Waals surface area (Å²) in [4.78, 5) is 11.7. The molecule has 4 heteroatoms. The molecule has 1 aromatic carbocycles. The van der Waals surface area contributed by atoms with Crippen molar-refractivity contribution in [1.29, 1.82) is 0 Å². The lowest BCUT2D eigenvalue weighted by Gasteiger charge is -2.47. The minimum absolute atomic E-state index is 0.0834. The molecule has 0 spiro atoms. The fourth-order valence-corrected chi connectivity index (χ4v) is 5.39. The van der Waals surface area contributed by atoms with Crippen molar-refractivity contribution in [3.05, 3.63) is 34.4 Å². The molecule has 0 fully saturated rings. The summed E-state index contributed by atoms with van der Waals surface area (Å²) in [5, 5.41) is 0. The summed E-state index contributed by atoms with van der Waals surface area (Å²) >= 11 is 0. The van der Waals surface area contributed by atoms with Crippen LogP contribution in [0.1, 0.15) is 95.8 Å². The molecule has 3 aliphatic rings. The topological polar surface area (TPSA) is 44.8 Å². The Morgan fingerprint density at radius 1 is 1.27 bits per heavy atom. The summed E-state index contributed by atoms with van der Waals surface area (Å²) in [6.07, 6.45) is 8.99. The van der Waals surface area contributed by atoms with Crippen molar-refractivity contribution in [3.63, 3.8) is 0 Å². The first-order valence-electron chi connectivity index (χ1n) is 11.6. The minimum atomic E-state index is -0.507. The predicted octanol–water partition coefficient (Wildman–Crippen LogP) is 6.24. The first-order chi connectivity index (χ1) is 14.3. The standard InChI is InChI=1S/C26H36O4/c1-6-7-8-9-18-14-22-24(25-20(18)15-28-23(29-25)13-17(3)27)19-12-16(2)10-11-21(19)26(4,5)30-22/h12,14,19,21,23H,6-11,13,15H2,1-5H3/t19-,21-,23?/m1/s1. The van der Waals surface area contributed by atoms with E-state index in [4.69, 9.17) is 14.2 Å². The summed E-state index contributed by atoms with van der Waals surface area (Å²) in [6, 6.07) is 2.25. The van der Waals surface area contributed by atoms with Crippen molar-refractivity contribution in [3.8, 4) is 11.5 Å². The number of fused-ring (bicyclic) bond motifs is 5. The van der Waals surface area contributed by atoms with Crippen LogP contribution < -0.4 is 9.47 Å². The number of hydrogen-bond acceptors (Lipinski definition) is 4. The van der Waals surface area contributed by atoms with Gasteiger partial charge in [0.25, 0.3) is 0 Å². The van der Waals surface area contributed by atoms with Crippen molar-refractivity contribution in [2.75, 3.05) is 0 Å². The van der Waals surface area contributed by atoms with Gasteiger partial charge in [0.05, 0.1) is 13.0 Å². The highest BCUT2D eigenvalue weighted by atomic mass is 16.7. The third-order valence-corrected chi connectivity index (χ3v) is 6.99. The van der Waals surface area contributed by atoms with Crippen molar-refractivity contribution in [2.45, 2.75) is 104 Å². The normalized spacial score (nSPS) is 26.4. The van der Waals surface area contributed by atoms with Crippen molar-refractivity contribution in [1.82, 2.24) is 0 Å². The first kappa shape index (κ1) is 21.4. The highest BCUT2D eigenvalue weighted by Gasteiger charge is 2.46. The Balaban J connectivity index is 1.82. The lowest BCUT2D eigenvalue weighted by Crippen LogP contribution is -2.45. The molecule has 30 heavy (non-hydrogen) atoms. The van der Waals surface area contributed by atoms with Crippen LogP contribution in [0.25, 0.3) is 0 Å². The zero-order valence-electron chi connectivity index (χ0n) is 19.2. The zero-order valence-corrected chi connectivity index (χ0v) is 19.2. The second kappa shape index (κ2) is 8.37. The second-order valence-corrected chi connectivity index (χ2v) is 9.87. The Morgan fingerprint density at radius 3 is 2.80 bits per heavy atom. The van der Waals surface area contributed by atoms with Crippen LogP contribution in [0.15, 0.2) is 17.7 Å². The molecule has 164 valence electrons. The largest absolute Gasteiger partial charge is 0.487 e. The number of aryl methyl sites for hydroxylation is 1. The van der Waals surface area contributed by atoms with Crippen LogP contribution in [0.5, 0.6) is 11.5 Å². The van der Waals surface area contributed by atoms with Gasteiger partial charge < -0.3 is 14.2 Å². The SMILES string of the molecule is CCCCCc1cc2c(c3c1COC(CC(C)=O)O3)[C@@H]1C=C(C)CC[C@H]1C(C)(C)O2. The van der Waals surface area contributed by atoms with E-state index in [1.165, 1.54) is 29.5 Å². The molecular weight excluding hydrogens is 376 g/mol. The first-order valence-corrected chi connectivity index (χ1v) is 11.6. The van der Waals surface area contributed by atoms with Gasteiger partial charge in [-0.3, -0.25) is 4.79 Å². The highest BCUT2D eigenvalue weighted by molar-refractivity contribution is 5.76. The maximum atomic E-state index is 11.7. The number of allylic oxidation sites excluding steroid dienone is 2. The van der Waals surface area contributed by atoms with Crippen LogP contribution in [0.4, 0.5) is 0 Å². The number of carbonyl (C=O) groups is 1. The van der Waals surface area contributed by atoms with Crippen LogP contribution in [0.3, 0.4) is 0 Å². The van der Waals surface area contributed by atoms with Gasteiger partial charge in [-0.1, -0.05) is 31.4 Å². The van der Waals surface area contributed by atoms with Gasteiger partial charge in [0, 0.05) is 23.0 Å². The van der Waals surface area contributed by atoms with E-state index in [0.717, 1.165) is 42.7 Å². The molecule has 0 bridgehead atoms. The molecule has 1 aliphatic carbocycles. The van der Waals surface area contributed by atoms with Gasteiger partial charge in [0.15, 0.2) is 0 Å². The molecule has 1 unspecified atom stereocenters. The van der Waals surface area contributed by atoms with Crippen LogP contribution >= 0.6 is 0 Å². The fraction of sp³-hybridized carbons (Fsp3) is 0.654. The molecule has 0 N–H and O–H groups in total. The van der Waals surface area contributed by atoms with Gasteiger partial charge in [0.2, 0.25) is 6.29 Å². The molecule has 0 amide bonds. The minimum Gasteiger partial charge on any atom is -0.487 e. The van der Waals surface area contributed by atoms with E-state index < -0.39 is 6.29 Å². The number of hydrogen-bond donors (Lipinski definition) is 0. The molecule has 1 aromatic rings. The lowest BCUT2D eigenvalue weighted by molar-refractivity contribution is -0.137. The van der Waals surface area contributed by atoms with E-state index >= 15 is 0 Å². The van der Waals surface area contributed by atoms with Crippen molar-refractivity contribution >= 4 is 5.78 Å². The van der Waals surface area contributed by atoms with Gasteiger partial charge >= 0.3 is 0 Å². The average molecular weight is 413 g/mol.